The van der Waals surface area contributed by atoms with Gasteiger partial charge in [-0.25, -0.2) is 0 Å². The molecular weight excluding hydrogens is 164 g/mol. The van der Waals surface area contributed by atoms with Gasteiger partial charge in [-0.3, -0.25) is 9.48 Å². The minimum Gasteiger partial charge on any atom is -0.294 e. The van der Waals surface area contributed by atoms with E-state index in [0.29, 0.717) is 0 Å². The maximum absolute atomic E-state index is 11.3. The number of nitrogens with zero attached hydrogens (tertiary/aromatic N) is 2. The largest absolute Gasteiger partial charge is 0.294 e. The number of hydrogen-bond acceptors (Lipinski definition) is 2. The fourth-order valence-electron chi connectivity index (χ4n) is 2.08. The Balaban J connectivity index is 2.54. The summed E-state index contributed by atoms with van der Waals surface area (Å²) in [6.07, 6.45) is 3.38. The second kappa shape index (κ2) is 2.98. The van der Waals surface area contributed by atoms with E-state index < -0.39 is 0 Å². The molecule has 0 aromatic carbocycles. The number of ketones is 1. The van der Waals surface area contributed by atoms with E-state index in [-0.39, 0.29) is 5.78 Å². The maximum atomic E-state index is 11.3. The lowest BCUT2D eigenvalue weighted by atomic mass is 10.0. The van der Waals surface area contributed by atoms with Crippen LogP contribution in [0.4, 0.5) is 0 Å². The van der Waals surface area contributed by atoms with E-state index >= 15 is 0 Å². The highest BCUT2D eigenvalue weighted by Gasteiger charge is 2.20. The van der Waals surface area contributed by atoms with Crippen molar-refractivity contribution in [3.8, 4) is 0 Å². The molecule has 13 heavy (non-hydrogen) atoms. The first-order valence-electron chi connectivity index (χ1n) is 4.77. The van der Waals surface area contributed by atoms with Gasteiger partial charge in [0.25, 0.3) is 0 Å². The molecule has 0 radical (unpaired) electrons. The van der Waals surface area contributed by atoms with Gasteiger partial charge >= 0.3 is 0 Å². The highest BCUT2D eigenvalue weighted by atomic mass is 16.1. The summed E-state index contributed by atoms with van der Waals surface area (Å²) in [5.74, 6) is 0.153. The molecule has 0 N–H and O–H groups in total. The monoisotopic (exact) mass is 178 g/mol. The van der Waals surface area contributed by atoms with Crippen molar-refractivity contribution in [1.82, 2.24) is 9.78 Å². The summed E-state index contributed by atoms with van der Waals surface area (Å²) in [6.45, 7) is 4.52. The normalized spacial score (nSPS) is 15.5. The number of carbonyl (C=O) groups is 1. The standard InChI is InChI=1S/C10H14N2O/c1-7-10(8(2)13)9-5-3-4-6-12(9)11-7/h3-6H2,1-2H3. The van der Waals surface area contributed by atoms with E-state index in [9.17, 15) is 4.79 Å². The Labute approximate surface area is 77.7 Å². The van der Waals surface area contributed by atoms with Crippen LogP contribution in [0.3, 0.4) is 0 Å². The molecule has 0 unspecified atom stereocenters. The topological polar surface area (TPSA) is 34.9 Å². The van der Waals surface area contributed by atoms with Gasteiger partial charge in [-0.2, -0.15) is 5.10 Å². The molecule has 0 spiro atoms. The van der Waals surface area contributed by atoms with E-state index in [0.717, 1.165) is 29.9 Å². The van der Waals surface area contributed by atoms with Gasteiger partial charge in [-0.1, -0.05) is 0 Å². The predicted molar refractivity (Wildman–Crippen MR) is 49.9 cm³/mol. The lowest BCUT2D eigenvalue weighted by molar-refractivity contribution is 0.101. The Morgan fingerprint density at radius 2 is 2.23 bits per heavy atom. The summed E-state index contributed by atoms with van der Waals surface area (Å²) in [7, 11) is 0. The number of aromatic nitrogens is 2. The van der Waals surface area contributed by atoms with E-state index in [1.165, 1.54) is 12.8 Å². The van der Waals surface area contributed by atoms with Crippen molar-refractivity contribution in [2.75, 3.05) is 0 Å². The Kier molecular flexibility index (Phi) is 1.94. The first-order valence-corrected chi connectivity index (χ1v) is 4.77. The summed E-state index contributed by atoms with van der Waals surface area (Å²) in [5.41, 5.74) is 2.90. The van der Waals surface area contributed by atoms with E-state index in [1.807, 2.05) is 11.6 Å². The van der Waals surface area contributed by atoms with Gasteiger partial charge in [0.15, 0.2) is 5.78 Å². The van der Waals surface area contributed by atoms with Crippen molar-refractivity contribution in [1.29, 1.82) is 0 Å². The zero-order chi connectivity index (χ0) is 9.42. The molecule has 3 nitrogen and oxygen atoms in total. The van der Waals surface area contributed by atoms with Crippen LogP contribution in [0.25, 0.3) is 0 Å². The third kappa shape index (κ3) is 1.28. The second-order valence-corrected chi connectivity index (χ2v) is 3.64. The van der Waals surface area contributed by atoms with E-state index in [1.54, 1.807) is 6.92 Å². The Hall–Kier alpha value is -1.12. The number of fused-ring (bicyclic) bond motifs is 1. The molecule has 1 aromatic heterocycles. The van der Waals surface area contributed by atoms with Gasteiger partial charge < -0.3 is 0 Å². The highest BCUT2D eigenvalue weighted by molar-refractivity contribution is 5.96. The Morgan fingerprint density at radius 1 is 1.46 bits per heavy atom. The smallest absolute Gasteiger partial charge is 0.163 e. The van der Waals surface area contributed by atoms with Crippen LogP contribution < -0.4 is 0 Å². The van der Waals surface area contributed by atoms with E-state index in [4.69, 9.17) is 0 Å². The Morgan fingerprint density at radius 3 is 2.92 bits per heavy atom. The molecule has 0 aliphatic carbocycles. The summed E-state index contributed by atoms with van der Waals surface area (Å²) in [5, 5.41) is 4.37. The maximum Gasteiger partial charge on any atom is 0.163 e. The van der Waals surface area contributed by atoms with Gasteiger partial charge in [-0.15, -0.1) is 0 Å². The van der Waals surface area contributed by atoms with Crippen molar-refractivity contribution in [2.45, 2.75) is 39.7 Å². The lowest BCUT2D eigenvalue weighted by Crippen LogP contribution is -2.12. The third-order valence-corrected chi connectivity index (χ3v) is 2.62. The molecule has 1 aliphatic heterocycles. The number of carbonyl (C=O) groups excluding carboxylic acids is 1. The molecule has 0 atom stereocenters. The van der Waals surface area contributed by atoms with Gasteiger partial charge in [0.05, 0.1) is 11.3 Å². The second-order valence-electron chi connectivity index (χ2n) is 3.64. The van der Waals surface area contributed by atoms with Gasteiger partial charge in [-0.05, 0) is 33.1 Å². The summed E-state index contributed by atoms with van der Waals surface area (Å²) in [4.78, 5) is 11.3. The third-order valence-electron chi connectivity index (χ3n) is 2.62. The van der Waals surface area contributed by atoms with Crippen LogP contribution in [0.1, 0.15) is 41.5 Å². The number of aryl methyl sites for hydroxylation is 2. The Bertz CT molecular complexity index is 352. The number of hydrogen-bond donors (Lipinski definition) is 0. The molecular formula is C10H14N2O. The minimum absolute atomic E-state index is 0.153. The van der Waals surface area contributed by atoms with Gasteiger partial charge in [0.1, 0.15) is 0 Å². The molecule has 1 aliphatic rings. The van der Waals surface area contributed by atoms with Crippen LogP contribution in [-0.4, -0.2) is 15.6 Å². The first-order chi connectivity index (χ1) is 6.20. The molecule has 0 saturated carbocycles. The average Bonchev–Trinajstić information content (AvgIpc) is 2.39. The number of Topliss-reactive ketones (excluding diaryl/α,β-unsaturated/α-hetero) is 1. The highest BCUT2D eigenvalue weighted by Crippen LogP contribution is 2.21. The number of rotatable bonds is 1. The quantitative estimate of drug-likeness (QED) is 0.614. The van der Waals surface area contributed by atoms with Crippen molar-refractivity contribution in [2.24, 2.45) is 0 Å². The van der Waals surface area contributed by atoms with Crippen LogP contribution in [0, 0.1) is 6.92 Å². The summed E-state index contributed by atoms with van der Waals surface area (Å²) >= 11 is 0. The van der Waals surface area contributed by atoms with Crippen molar-refractivity contribution in [3.05, 3.63) is 17.0 Å². The zero-order valence-electron chi connectivity index (χ0n) is 8.13. The first kappa shape index (κ1) is 8.48. The van der Waals surface area contributed by atoms with Crippen LogP contribution in [0.2, 0.25) is 0 Å². The summed E-state index contributed by atoms with van der Waals surface area (Å²) in [6, 6.07) is 0. The molecule has 0 saturated heterocycles. The molecule has 2 rings (SSSR count). The van der Waals surface area contributed by atoms with Crippen LogP contribution >= 0.6 is 0 Å². The summed E-state index contributed by atoms with van der Waals surface area (Å²) < 4.78 is 2.00. The molecule has 1 aromatic rings. The minimum atomic E-state index is 0.153. The fraction of sp³-hybridized carbons (Fsp3) is 0.600. The molecule has 0 amide bonds. The molecule has 0 bridgehead atoms. The average molecular weight is 178 g/mol. The van der Waals surface area contributed by atoms with Crippen molar-refractivity contribution >= 4 is 5.78 Å². The molecule has 70 valence electrons. The SMILES string of the molecule is CC(=O)c1c(C)nn2c1CCCC2. The van der Waals surface area contributed by atoms with Crippen LogP contribution in [0.5, 0.6) is 0 Å². The molecule has 3 heteroatoms. The van der Waals surface area contributed by atoms with Crippen LogP contribution in [0.15, 0.2) is 0 Å². The zero-order valence-corrected chi connectivity index (χ0v) is 8.13. The predicted octanol–water partition coefficient (Wildman–Crippen LogP) is 1.73. The lowest BCUT2D eigenvalue weighted by Gasteiger charge is -2.13. The van der Waals surface area contributed by atoms with Crippen molar-refractivity contribution in [3.63, 3.8) is 0 Å². The molecule has 2 heterocycles. The van der Waals surface area contributed by atoms with Crippen LogP contribution in [-0.2, 0) is 13.0 Å². The van der Waals surface area contributed by atoms with Crippen molar-refractivity contribution < 1.29 is 4.79 Å². The van der Waals surface area contributed by atoms with Gasteiger partial charge in [0, 0.05) is 12.2 Å². The molecule has 0 fully saturated rings. The fourth-order valence-corrected chi connectivity index (χ4v) is 2.08. The van der Waals surface area contributed by atoms with Gasteiger partial charge in [0.2, 0.25) is 0 Å². The van der Waals surface area contributed by atoms with E-state index in [2.05, 4.69) is 5.10 Å².